The molecule has 2 aromatic heterocycles. The maximum absolute atomic E-state index is 12.0. The maximum Gasteiger partial charge on any atom is 0.326 e. The molecule has 2 aromatic rings. The van der Waals surface area contributed by atoms with Crippen molar-refractivity contribution >= 4 is 43.9 Å². The monoisotopic (exact) mass is 281 g/mol. The van der Waals surface area contributed by atoms with Gasteiger partial charge in [0.1, 0.15) is 6.04 Å². The average molecular weight is 281 g/mol. The second kappa shape index (κ2) is 4.37. The second-order valence-corrected chi connectivity index (χ2v) is 6.42. The number of carboxylic acids is 1. The molecule has 2 heterocycles. The van der Waals surface area contributed by atoms with Crippen molar-refractivity contribution in [3.63, 3.8) is 0 Å². The summed E-state index contributed by atoms with van der Waals surface area (Å²) in [6.07, 6.45) is 1.77. The Hall–Kier alpha value is -1.40. The van der Waals surface area contributed by atoms with Crippen molar-refractivity contribution in [2.75, 3.05) is 0 Å². The summed E-state index contributed by atoms with van der Waals surface area (Å²) in [5.74, 6) is -1.11. The molecule has 6 heteroatoms. The molecule has 1 amide bonds. The molecule has 94 valence electrons. The van der Waals surface area contributed by atoms with Crippen LogP contribution in [-0.4, -0.2) is 23.0 Å². The van der Waals surface area contributed by atoms with Gasteiger partial charge in [-0.1, -0.05) is 0 Å². The van der Waals surface area contributed by atoms with Crippen molar-refractivity contribution in [2.45, 2.75) is 18.9 Å². The summed E-state index contributed by atoms with van der Waals surface area (Å²) in [7, 11) is 0. The molecule has 0 radical (unpaired) electrons. The lowest BCUT2D eigenvalue weighted by Gasteiger charge is -2.12. The van der Waals surface area contributed by atoms with E-state index in [1.807, 2.05) is 17.5 Å². The van der Waals surface area contributed by atoms with E-state index in [0.29, 0.717) is 4.88 Å². The van der Waals surface area contributed by atoms with Crippen molar-refractivity contribution < 1.29 is 14.7 Å². The van der Waals surface area contributed by atoms with E-state index in [4.69, 9.17) is 5.11 Å². The zero-order chi connectivity index (χ0) is 12.7. The van der Waals surface area contributed by atoms with E-state index < -0.39 is 12.0 Å². The molecular formula is C12H11NO3S2. The lowest BCUT2D eigenvalue weighted by molar-refractivity contribution is -0.139. The fourth-order valence-corrected chi connectivity index (χ4v) is 3.91. The maximum atomic E-state index is 12.0. The van der Waals surface area contributed by atoms with E-state index in [9.17, 15) is 9.59 Å². The third-order valence-corrected chi connectivity index (χ3v) is 5.10. The Labute approximate surface area is 111 Å². The predicted molar refractivity (Wildman–Crippen MR) is 71.3 cm³/mol. The summed E-state index contributed by atoms with van der Waals surface area (Å²) >= 11 is 2.99. The van der Waals surface area contributed by atoms with E-state index in [1.165, 1.54) is 11.3 Å². The summed E-state index contributed by atoms with van der Waals surface area (Å²) in [6.45, 7) is 0. The van der Waals surface area contributed by atoms with Crippen LogP contribution in [0.3, 0.4) is 0 Å². The third kappa shape index (κ3) is 2.13. The highest BCUT2D eigenvalue weighted by molar-refractivity contribution is 7.27. The van der Waals surface area contributed by atoms with Crippen LogP contribution < -0.4 is 5.32 Å². The molecule has 18 heavy (non-hydrogen) atoms. The molecule has 1 fully saturated rings. The standard InChI is InChI=1S/C12H11NO3S2/c14-11(13-10(12(15)16)6-1-2-6)9-5-8-7(18-9)3-4-17-8/h3-6,10H,1-2H2,(H,13,14)(H,15,16). The van der Waals surface area contributed by atoms with Crippen LogP contribution in [0, 0.1) is 5.92 Å². The van der Waals surface area contributed by atoms with Gasteiger partial charge in [-0.05, 0) is 36.3 Å². The first-order valence-corrected chi connectivity index (χ1v) is 7.35. The zero-order valence-electron chi connectivity index (χ0n) is 9.38. The molecule has 1 aliphatic carbocycles. The van der Waals surface area contributed by atoms with E-state index >= 15 is 0 Å². The minimum atomic E-state index is -0.941. The van der Waals surface area contributed by atoms with Gasteiger partial charge in [0, 0.05) is 9.40 Å². The molecule has 1 atom stereocenters. The van der Waals surface area contributed by atoms with Gasteiger partial charge in [0.15, 0.2) is 0 Å². The SMILES string of the molecule is O=C(NC(C(=O)O)C1CC1)c1cc2sccc2s1. The van der Waals surface area contributed by atoms with Crippen LogP contribution in [0.2, 0.25) is 0 Å². The number of carboxylic acid groups (broad SMARTS) is 1. The summed E-state index contributed by atoms with van der Waals surface area (Å²) in [5.41, 5.74) is 0. The molecular weight excluding hydrogens is 270 g/mol. The highest BCUT2D eigenvalue weighted by Crippen LogP contribution is 2.34. The van der Waals surface area contributed by atoms with Gasteiger partial charge in [0.2, 0.25) is 0 Å². The number of aliphatic carboxylic acids is 1. The fourth-order valence-electron chi connectivity index (χ4n) is 1.90. The number of nitrogens with one attached hydrogen (secondary N) is 1. The van der Waals surface area contributed by atoms with Gasteiger partial charge in [0.05, 0.1) is 4.88 Å². The van der Waals surface area contributed by atoms with Crippen LogP contribution in [0.5, 0.6) is 0 Å². The van der Waals surface area contributed by atoms with Gasteiger partial charge in [-0.3, -0.25) is 4.79 Å². The van der Waals surface area contributed by atoms with Crippen LogP contribution >= 0.6 is 22.7 Å². The van der Waals surface area contributed by atoms with Crippen LogP contribution in [0.1, 0.15) is 22.5 Å². The first kappa shape index (κ1) is 11.7. The molecule has 0 aromatic carbocycles. The van der Waals surface area contributed by atoms with E-state index in [0.717, 1.165) is 22.2 Å². The van der Waals surface area contributed by atoms with Crippen LogP contribution in [-0.2, 0) is 4.79 Å². The Morgan fingerprint density at radius 3 is 2.78 bits per heavy atom. The van der Waals surface area contributed by atoms with Gasteiger partial charge in [-0.2, -0.15) is 0 Å². The van der Waals surface area contributed by atoms with E-state index in [-0.39, 0.29) is 11.8 Å². The van der Waals surface area contributed by atoms with Crippen LogP contribution in [0.4, 0.5) is 0 Å². The Morgan fingerprint density at radius 1 is 1.39 bits per heavy atom. The third-order valence-electron chi connectivity index (χ3n) is 3.01. The highest BCUT2D eigenvalue weighted by Gasteiger charge is 2.37. The molecule has 0 bridgehead atoms. The Balaban J connectivity index is 1.77. The van der Waals surface area contributed by atoms with Crippen LogP contribution in [0.15, 0.2) is 17.5 Å². The number of hydrogen-bond acceptors (Lipinski definition) is 4. The summed E-state index contributed by atoms with van der Waals surface area (Å²) < 4.78 is 2.15. The molecule has 1 saturated carbocycles. The molecule has 1 aliphatic rings. The van der Waals surface area contributed by atoms with Crippen LogP contribution in [0.25, 0.3) is 9.40 Å². The number of rotatable bonds is 4. The van der Waals surface area contributed by atoms with E-state index in [2.05, 4.69) is 5.32 Å². The second-order valence-electron chi connectivity index (χ2n) is 4.39. The summed E-state index contributed by atoms with van der Waals surface area (Å²) in [6, 6.07) is 3.06. The molecule has 4 nitrogen and oxygen atoms in total. The van der Waals surface area contributed by atoms with Gasteiger partial charge in [-0.25, -0.2) is 4.79 Å². The lowest BCUT2D eigenvalue weighted by Crippen LogP contribution is -2.42. The zero-order valence-corrected chi connectivity index (χ0v) is 11.0. The average Bonchev–Trinajstić information content (AvgIpc) is 2.91. The Bertz CT molecular complexity index is 583. The van der Waals surface area contributed by atoms with Crippen molar-refractivity contribution in [1.29, 1.82) is 0 Å². The molecule has 3 rings (SSSR count). The normalized spacial score (nSPS) is 16.7. The van der Waals surface area contributed by atoms with E-state index in [1.54, 1.807) is 11.3 Å². The number of amides is 1. The minimum Gasteiger partial charge on any atom is -0.480 e. The number of carbonyl (C=O) groups excluding carboxylic acids is 1. The number of thiophene rings is 2. The fraction of sp³-hybridized carbons (Fsp3) is 0.333. The van der Waals surface area contributed by atoms with Gasteiger partial charge >= 0.3 is 5.97 Å². The quantitative estimate of drug-likeness (QED) is 0.905. The summed E-state index contributed by atoms with van der Waals surface area (Å²) in [4.78, 5) is 23.6. The predicted octanol–water partition coefficient (Wildman–Crippen LogP) is 2.56. The number of fused-ring (bicyclic) bond motifs is 1. The number of hydrogen-bond donors (Lipinski definition) is 2. The molecule has 0 saturated heterocycles. The molecule has 2 N–H and O–H groups in total. The van der Waals surface area contributed by atoms with Crippen molar-refractivity contribution in [3.8, 4) is 0 Å². The first-order chi connectivity index (χ1) is 8.65. The largest absolute Gasteiger partial charge is 0.480 e. The van der Waals surface area contributed by atoms with Gasteiger partial charge in [0.25, 0.3) is 5.91 Å². The topological polar surface area (TPSA) is 66.4 Å². The number of carbonyl (C=O) groups is 2. The Morgan fingerprint density at radius 2 is 2.17 bits per heavy atom. The van der Waals surface area contributed by atoms with Crippen molar-refractivity contribution in [3.05, 3.63) is 22.4 Å². The first-order valence-electron chi connectivity index (χ1n) is 5.66. The van der Waals surface area contributed by atoms with Crippen molar-refractivity contribution in [2.24, 2.45) is 5.92 Å². The van der Waals surface area contributed by atoms with Gasteiger partial charge < -0.3 is 10.4 Å². The van der Waals surface area contributed by atoms with Gasteiger partial charge in [-0.15, -0.1) is 22.7 Å². The highest BCUT2D eigenvalue weighted by atomic mass is 32.1. The smallest absolute Gasteiger partial charge is 0.326 e. The van der Waals surface area contributed by atoms with Crippen molar-refractivity contribution in [1.82, 2.24) is 5.32 Å². The minimum absolute atomic E-state index is 0.104. The summed E-state index contributed by atoms with van der Waals surface area (Å²) in [5, 5.41) is 13.7. The lowest BCUT2D eigenvalue weighted by atomic mass is 10.2. The molecule has 1 unspecified atom stereocenters. The molecule has 0 aliphatic heterocycles. The molecule has 0 spiro atoms. The Kier molecular flexibility index (Phi) is 2.83.